The summed E-state index contributed by atoms with van der Waals surface area (Å²) < 4.78 is 12.5. The van der Waals surface area contributed by atoms with E-state index < -0.39 is 0 Å². The summed E-state index contributed by atoms with van der Waals surface area (Å²) in [4.78, 5) is 22.2. The minimum atomic E-state index is 0.518. The van der Waals surface area contributed by atoms with E-state index in [2.05, 4.69) is 302 Å². The van der Waals surface area contributed by atoms with E-state index in [-0.39, 0.29) is 0 Å². The number of hydrogen-bond donors (Lipinski definition) is 0. The normalized spacial score (nSPS) is 12.0. The molecule has 9 heteroatoms. The highest BCUT2D eigenvalue weighted by Gasteiger charge is 2.34. The van der Waals surface area contributed by atoms with E-state index >= 15 is 0 Å². The van der Waals surface area contributed by atoms with E-state index in [1.54, 1.807) is 0 Å². The van der Waals surface area contributed by atoms with Gasteiger partial charge in [-0.05, 0) is 78.9 Å². The van der Waals surface area contributed by atoms with Gasteiger partial charge in [-0.15, -0.1) is 0 Å². The van der Waals surface area contributed by atoms with Gasteiger partial charge in [0.2, 0.25) is 0 Å². The predicted octanol–water partition coefficient (Wildman–Crippen LogP) is 19.8. The highest BCUT2D eigenvalue weighted by atomic mass is 15.2. The molecule has 0 aliphatic rings. The molecule has 0 radical (unpaired) electrons. The molecule has 0 N–H and O–H groups in total. The fraction of sp³-hybridized carbons (Fsp3) is 0. The van der Waals surface area contributed by atoms with Crippen LogP contribution in [0.2, 0.25) is 0 Å². The molecule has 12 aromatic carbocycles. The highest BCUT2D eigenvalue weighted by Crippen LogP contribution is 2.51. The van der Waals surface area contributed by atoms with Crippen molar-refractivity contribution in [1.82, 2.24) is 42.8 Å². The second kappa shape index (κ2) is 19.2. The molecule has 0 saturated heterocycles. The van der Waals surface area contributed by atoms with Crippen LogP contribution in [-0.2, 0) is 0 Å². The lowest BCUT2D eigenvalue weighted by Gasteiger charge is -2.28. The number of benzene rings is 12. The van der Waals surface area contributed by atoms with Gasteiger partial charge in [-0.3, -0.25) is 4.98 Å². The van der Waals surface area contributed by atoms with E-state index in [0.717, 1.165) is 154 Å². The Bertz CT molecular complexity index is 5890. The molecular weight excluding hydrogens is 1090 g/mol. The third kappa shape index (κ3) is 7.12. The van der Waals surface area contributed by atoms with Gasteiger partial charge in [-0.1, -0.05) is 212 Å². The fourth-order valence-corrected chi connectivity index (χ4v) is 14.5. The van der Waals surface area contributed by atoms with Gasteiger partial charge < -0.3 is 22.8 Å². The lowest BCUT2D eigenvalue weighted by atomic mass is 10.0. The number of hydrogen-bond acceptors (Lipinski definition) is 4. The summed E-state index contributed by atoms with van der Waals surface area (Å²) in [5.41, 5.74) is 18.6. The zero-order valence-corrected chi connectivity index (χ0v) is 47.8. The van der Waals surface area contributed by atoms with Gasteiger partial charge in [0.05, 0.1) is 88.8 Å². The molecular formula is C80H49N9. The number of nitrogens with zero attached hydrogens (tertiary/aromatic N) is 9. The summed E-state index contributed by atoms with van der Waals surface area (Å²) in [6.45, 7) is 0. The lowest BCUT2D eigenvalue weighted by Crippen LogP contribution is -2.15. The van der Waals surface area contributed by atoms with E-state index in [0.29, 0.717) is 17.5 Å². The van der Waals surface area contributed by atoms with Gasteiger partial charge in [0.25, 0.3) is 0 Å². The van der Waals surface area contributed by atoms with Crippen LogP contribution < -0.4 is 0 Å². The topological polar surface area (TPSA) is 76.2 Å². The van der Waals surface area contributed by atoms with Gasteiger partial charge in [0, 0.05) is 71.7 Å². The van der Waals surface area contributed by atoms with Gasteiger partial charge in [0.15, 0.2) is 17.5 Å². The third-order valence-electron chi connectivity index (χ3n) is 18.2. The molecule has 0 bridgehead atoms. The number of rotatable bonds is 8. The Kier molecular flexibility index (Phi) is 10.6. The number of aromatic nitrogens is 9. The highest BCUT2D eigenvalue weighted by molar-refractivity contribution is 6.26. The quantitative estimate of drug-likeness (QED) is 0.152. The second-order valence-electron chi connectivity index (χ2n) is 22.9. The summed E-state index contributed by atoms with van der Waals surface area (Å²) in [5.74, 6) is 1.65. The monoisotopic (exact) mass is 1140 g/mol. The van der Waals surface area contributed by atoms with Crippen LogP contribution in [0.5, 0.6) is 0 Å². The van der Waals surface area contributed by atoms with Crippen LogP contribution in [0.4, 0.5) is 0 Å². The number of pyridine rings is 1. The molecule has 0 aliphatic heterocycles. The van der Waals surface area contributed by atoms with Gasteiger partial charge in [-0.25, -0.2) is 15.0 Å². The Labute approximate surface area is 509 Å². The molecule has 0 fully saturated rings. The first-order chi connectivity index (χ1) is 44.2. The standard InChI is InChI=1S/C80H49N9/c1-4-25-50(26-5-1)78-82-79(51-27-6-2-7-28-51)84-80(83-78)61-49-71(86-62-38-17-10-31-53(62)54-32-11-18-39-63(54)86)76(89-68-44-23-16-37-59(68)60-46-47-69-72(74(60)89)73-70(45-24-48-81-73)85(69)52-29-8-3-9-30-52)77(88-66-42-21-14-35-57(66)58-36-15-22-43-67(58)88)75(61)87-64-40-19-12-33-55(64)56-34-13-20-41-65(56)87/h1-49H. The predicted molar refractivity (Wildman–Crippen MR) is 366 cm³/mol. The van der Waals surface area contributed by atoms with Crippen molar-refractivity contribution < 1.29 is 0 Å². The maximum absolute atomic E-state index is 5.75. The summed E-state index contributed by atoms with van der Waals surface area (Å²) >= 11 is 0. The van der Waals surface area contributed by atoms with Crippen molar-refractivity contribution in [3.05, 3.63) is 297 Å². The Hall–Kier alpha value is -12.2. The van der Waals surface area contributed by atoms with Crippen molar-refractivity contribution in [3.63, 3.8) is 0 Å². The van der Waals surface area contributed by atoms with Crippen molar-refractivity contribution in [2.75, 3.05) is 0 Å². The van der Waals surface area contributed by atoms with E-state index in [1.807, 2.05) is 18.3 Å². The third-order valence-corrected chi connectivity index (χ3v) is 18.2. The van der Waals surface area contributed by atoms with E-state index in [9.17, 15) is 0 Å². The summed E-state index contributed by atoms with van der Waals surface area (Å²) in [7, 11) is 0. The van der Waals surface area contributed by atoms with Crippen LogP contribution in [0.25, 0.3) is 172 Å². The van der Waals surface area contributed by atoms with Crippen LogP contribution in [0, 0.1) is 0 Å². The number of fused-ring (bicyclic) bond motifs is 16. The molecule has 7 heterocycles. The summed E-state index contributed by atoms with van der Waals surface area (Å²) in [6.07, 6.45) is 1.94. The van der Waals surface area contributed by atoms with Crippen LogP contribution in [-0.4, -0.2) is 42.8 Å². The van der Waals surface area contributed by atoms with Crippen molar-refractivity contribution in [1.29, 1.82) is 0 Å². The SMILES string of the molecule is c1ccc(-c2nc(-c3ccccc3)nc(-c3cc(-n4c5ccccc5c5ccccc54)c(-n4c5ccccc5c5ccc6c(c7ncccc7n6-c6ccccc6)c54)c(-n4c5ccccc5c5ccccc54)c3-n3c4ccccc4c4ccccc43)n2)cc1. The molecule has 89 heavy (non-hydrogen) atoms. The van der Waals surface area contributed by atoms with Crippen LogP contribution >= 0.6 is 0 Å². The molecule has 0 atom stereocenters. The Morgan fingerprint density at radius 2 is 0.629 bits per heavy atom. The first-order valence-electron chi connectivity index (χ1n) is 30.1. The maximum atomic E-state index is 5.75. The maximum Gasteiger partial charge on any atom is 0.166 e. The van der Waals surface area contributed by atoms with Crippen molar-refractivity contribution in [2.24, 2.45) is 0 Å². The second-order valence-corrected chi connectivity index (χ2v) is 22.9. The zero-order valence-electron chi connectivity index (χ0n) is 47.8. The summed E-state index contributed by atoms with van der Waals surface area (Å²) in [5, 5.41) is 10.0. The lowest BCUT2D eigenvalue weighted by molar-refractivity contribution is 1.01. The smallest absolute Gasteiger partial charge is 0.166 e. The molecule has 0 unspecified atom stereocenters. The van der Waals surface area contributed by atoms with Crippen molar-refractivity contribution >= 4 is 109 Å². The molecule has 19 rings (SSSR count). The molecule has 0 saturated carbocycles. The van der Waals surface area contributed by atoms with Crippen LogP contribution in [0.3, 0.4) is 0 Å². The average Bonchev–Trinajstić information content (AvgIpc) is 1.58. The molecule has 0 aliphatic carbocycles. The molecule has 7 aromatic heterocycles. The Morgan fingerprint density at radius 1 is 0.247 bits per heavy atom. The van der Waals surface area contributed by atoms with Crippen molar-refractivity contribution in [2.45, 2.75) is 0 Å². The fourth-order valence-electron chi connectivity index (χ4n) is 14.5. The molecule has 19 aromatic rings. The number of para-hydroxylation sites is 8. The van der Waals surface area contributed by atoms with E-state index in [4.69, 9.17) is 19.9 Å². The molecule has 9 nitrogen and oxygen atoms in total. The molecule has 0 spiro atoms. The average molecular weight is 1140 g/mol. The Morgan fingerprint density at radius 3 is 1.11 bits per heavy atom. The van der Waals surface area contributed by atoms with Gasteiger partial charge in [0.1, 0.15) is 0 Å². The minimum absolute atomic E-state index is 0.518. The first kappa shape index (κ1) is 49.1. The zero-order chi connectivity index (χ0) is 58.3. The van der Waals surface area contributed by atoms with Crippen LogP contribution in [0.15, 0.2) is 297 Å². The van der Waals surface area contributed by atoms with Crippen molar-refractivity contribution in [3.8, 4) is 62.6 Å². The van der Waals surface area contributed by atoms with Gasteiger partial charge >= 0.3 is 0 Å². The molecule has 414 valence electrons. The minimum Gasteiger partial charge on any atom is -0.308 e. The van der Waals surface area contributed by atoms with Crippen LogP contribution in [0.1, 0.15) is 0 Å². The molecule has 0 amide bonds. The van der Waals surface area contributed by atoms with Gasteiger partial charge in [-0.2, -0.15) is 0 Å². The largest absolute Gasteiger partial charge is 0.308 e. The summed E-state index contributed by atoms with van der Waals surface area (Å²) in [6, 6.07) is 105. The van der Waals surface area contributed by atoms with E-state index in [1.165, 1.54) is 0 Å². The Balaban J connectivity index is 1.14. The first-order valence-corrected chi connectivity index (χ1v) is 30.1.